The van der Waals surface area contributed by atoms with Crippen molar-refractivity contribution in [2.24, 2.45) is 0 Å². The third kappa shape index (κ3) is 2.20. The summed E-state index contributed by atoms with van der Waals surface area (Å²) in [6, 6.07) is 2.58. The topological polar surface area (TPSA) is 0 Å². The van der Waals surface area contributed by atoms with Crippen LogP contribution in [0.2, 0.25) is 0 Å². The standard InChI is InChI=1S/C9H7F4/c1-2-6-3-4-7(10)5-8(6)9(11,12)13/h3-5H,1-2H2. The number of alkyl halides is 3. The number of benzene rings is 1. The average molecular weight is 191 g/mol. The average Bonchev–Trinajstić information content (AvgIpc) is 2.03. The molecule has 71 valence electrons. The van der Waals surface area contributed by atoms with E-state index in [-0.39, 0.29) is 12.0 Å². The summed E-state index contributed by atoms with van der Waals surface area (Å²) in [6.07, 6.45) is -4.51. The number of hydrogen-bond donors (Lipinski definition) is 0. The Hall–Kier alpha value is -1.06. The van der Waals surface area contributed by atoms with Crippen molar-refractivity contribution in [3.05, 3.63) is 42.1 Å². The fourth-order valence-corrected chi connectivity index (χ4v) is 1.03. The van der Waals surface area contributed by atoms with Crippen LogP contribution < -0.4 is 0 Å². The van der Waals surface area contributed by atoms with Crippen LogP contribution in [0.3, 0.4) is 0 Å². The summed E-state index contributed by atoms with van der Waals surface area (Å²) in [5.74, 6) is -0.885. The summed E-state index contributed by atoms with van der Waals surface area (Å²) < 4.78 is 49.2. The first-order chi connectivity index (χ1) is 5.95. The highest BCUT2D eigenvalue weighted by Crippen LogP contribution is 2.32. The Balaban J connectivity index is 3.24. The van der Waals surface area contributed by atoms with E-state index in [1.54, 1.807) is 0 Å². The van der Waals surface area contributed by atoms with Crippen molar-refractivity contribution in [1.29, 1.82) is 0 Å². The Bertz CT molecular complexity index is 301. The fraction of sp³-hybridized carbons (Fsp3) is 0.222. The molecule has 0 N–H and O–H groups in total. The van der Waals surface area contributed by atoms with E-state index < -0.39 is 17.6 Å². The Kier molecular flexibility index (Phi) is 2.59. The smallest absolute Gasteiger partial charge is 0.207 e. The SMILES string of the molecule is [CH2]Cc1ccc(F)cc1C(F)(F)F. The van der Waals surface area contributed by atoms with Crippen LogP contribution in [-0.2, 0) is 12.6 Å². The highest BCUT2D eigenvalue weighted by Gasteiger charge is 2.33. The van der Waals surface area contributed by atoms with E-state index in [9.17, 15) is 17.6 Å². The lowest BCUT2D eigenvalue weighted by Crippen LogP contribution is -2.09. The van der Waals surface area contributed by atoms with Crippen molar-refractivity contribution in [3.8, 4) is 0 Å². The van der Waals surface area contributed by atoms with Crippen LogP contribution in [-0.4, -0.2) is 0 Å². The molecule has 0 aliphatic carbocycles. The zero-order chi connectivity index (χ0) is 10.1. The number of hydrogen-bond acceptors (Lipinski definition) is 0. The molecule has 13 heavy (non-hydrogen) atoms. The second-order valence-electron chi connectivity index (χ2n) is 2.55. The van der Waals surface area contributed by atoms with Crippen LogP contribution in [0.5, 0.6) is 0 Å². The molecule has 1 radical (unpaired) electrons. The Morgan fingerprint density at radius 1 is 1.23 bits per heavy atom. The lowest BCUT2D eigenvalue weighted by atomic mass is 10.0. The van der Waals surface area contributed by atoms with Gasteiger partial charge >= 0.3 is 6.18 Å². The lowest BCUT2D eigenvalue weighted by molar-refractivity contribution is -0.138. The van der Waals surface area contributed by atoms with E-state index in [0.29, 0.717) is 6.07 Å². The maximum atomic E-state index is 12.5. The second-order valence-corrected chi connectivity index (χ2v) is 2.55. The molecule has 0 bridgehead atoms. The van der Waals surface area contributed by atoms with Gasteiger partial charge in [0, 0.05) is 0 Å². The van der Waals surface area contributed by atoms with Crippen molar-refractivity contribution >= 4 is 0 Å². The minimum Gasteiger partial charge on any atom is -0.207 e. The van der Waals surface area contributed by atoms with Crippen LogP contribution in [0.4, 0.5) is 17.6 Å². The molecule has 0 unspecified atom stereocenters. The third-order valence-corrected chi connectivity index (χ3v) is 1.65. The molecule has 0 amide bonds. The molecule has 4 heteroatoms. The summed E-state index contributed by atoms with van der Waals surface area (Å²) in [7, 11) is 0. The molecular weight excluding hydrogens is 184 g/mol. The van der Waals surface area contributed by atoms with Crippen LogP contribution in [0.25, 0.3) is 0 Å². The molecule has 0 heterocycles. The third-order valence-electron chi connectivity index (χ3n) is 1.65. The minimum absolute atomic E-state index is 0.00484. The summed E-state index contributed by atoms with van der Waals surface area (Å²) in [5.41, 5.74) is -0.934. The maximum Gasteiger partial charge on any atom is 0.416 e. The van der Waals surface area contributed by atoms with Crippen molar-refractivity contribution in [3.63, 3.8) is 0 Å². The van der Waals surface area contributed by atoms with Gasteiger partial charge in [-0.05, 0) is 31.0 Å². The number of halogens is 4. The van der Waals surface area contributed by atoms with Gasteiger partial charge in [-0.2, -0.15) is 13.2 Å². The summed E-state index contributed by atoms with van der Waals surface area (Å²) >= 11 is 0. The van der Waals surface area contributed by atoms with Gasteiger partial charge in [0.25, 0.3) is 0 Å². The van der Waals surface area contributed by atoms with E-state index in [1.165, 1.54) is 0 Å². The van der Waals surface area contributed by atoms with Crippen molar-refractivity contribution in [2.45, 2.75) is 12.6 Å². The molecule has 1 aromatic carbocycles. The predicted molar refractivity (Wildman–Crippen MR) is 40.5 cm³/mol. The van der Waals surface area contributed by atoms with Crippen molar-refractivity contribution in [2.75, 3.05) is 0 Å². The molecule has 0 aliphatic heterocycles. The van der Waals surface area contributed by atoms with E-state index in [0.717, 1.165) is 12.1 Å². The van der Waals surface area contributed by atoms with Gasteiger partial charge in [-0.25, -0.2) is 4.39 Å². The zero-order valence-corrected chi connectivity index (χ0v) is 6.66. The molecule has 1 rings (SSSR count). The van der Waals surface area contributed by atoms with Crippen LogP contribution in [0.15, 0.2) is 18.2 Å². The molecule has 0 aromatic heterocycles. The summed E-state index contributed by atoms with van der Waals surface area (Å²) in [6.45, 7) is 3.34. The minimum atomic E-state index is -4.50. The molecule has 0 aliphatic rings. The quantitative estimate of drug-likeness (QED) is 0.598. The van der Waals surface area contributed by atoms with E-state index in [1.807, 2.05) is 0 Å². The molecule has 0 spiro atoms. The Morgan fingerprint density at radius 2 is 1.85 bits per heavy atom. The largest absolute Gasteiger partial charge is 0.416 e. The first-order valence-electron chi connectivity index (χ1n) is 3.60. The normalized spacial score (nSPS) is 11.8. The zero-order valence-electron chi connectivity index (χ0n) is 6.66. The van der Waals surface area contributed by atoms with E-state index in [4.69, 9.17) is 0 Å². The first-order valence-corrected chi connectivity index (χ1v) is 3.60. The van der Waals surface area contributed by atoms with Crippen molar-refractivity contribution < 1.29 is 17.6 Å². The van der Waals surface area contributed by atoms with Crippen molar-refractivity contribution in [1.82, 2.24) is 0 Å². The van der Waals surface area contributed by atoms with Gasteiger partial charge in [0.1, 0.15) is 5.82 Å². The van der Waals surface area contributed by atoms with Gasteiger partial charge in [-0.3, -0.25) is 0 Å². The van der Waals surface area contributed by atoms with E-state index >= 15 is 0 Å². The molecule has 0 atom stereocenters. The Morgan fingerprint density at radius 3 is 2.31 bits per heavy atom. The molecule has 0 saturated heterocycles. The fourth-order valence-electron chi connectivity index (χ4n) is 1.03. The molecule has 0 saturated carbocycles. The monoisotopic (exact) mass is 191 g/mol. The number of rotatable bonds is 1. The van der Waals surface area contributed by atoms with Gasteiger partial charge in [0.15, 0.2) is 0 Å². The predicted octanol–water partition coefficient (Wildman–Crippen LogP) is 3.22. The van der Waals surface area contributed by atoms with Gasteiger partial charge < -0.3 is 0 Å². The lowest BCUT2D eigenvalue weighted by Gasteiger charge is -2.10. The summed E-state index contributed by atoms with van der Waals surface area (Å²) in [5, 5.41) is 0. The van der Waals surface area contributed by atoms with Crippen LogP contribution in [0.1, 0.15) is 11.1 Å². The van der Waals surface area contributed by atoms with Crippen LogP contribution in [0, 0.1) is 12.7 Å². The second kappa shape index (κ2) is 3.36. The van der Waals surface area contributed by atoms with Gasteiger partial charge in [0.2, 0.25) is 0 Å². The molecule has 1 aromatic rings. The van der Waals surface area contributed by atoms with Gasteiger partial charge in [-0.15, -0.1) is 0 Å². The first kappa shape index (κ1) is 10.0. The van der Waals surface area contributed by atoms with Gasteiger partial charge in [0.05, 0.1) is 5.56 Å². The molecular formula is C9H7F4. The molecule has 0 nitrogen and oxygen atoms in total. The summed E-state index contributed by atoms with van der Waals surface area (Å²) in [4.78, 5) is 0. The highest BCUT2D eigenvalue weighted by atomic mass is 19.4. The highest BCUT2D eigenvalue weighted by molar-refractivity contribution is 5.30. The maximum absolute atomic E-state index is 12.5. The van der Waals surface area contributed by atoms with E-state index in [2.05, 4.69) is 6.92 Å². The Labute approximate surface area is 73.2 Å². The van der Waals surface area contributed by atoms with Crippen LogP contribution >= 0.6 is 0 Å². The van der Waals surface area contributed by atoms with Gasteiger partial charge in [-0.1, -0.05) is 6.07 Å². The molecule has 0 fully saturated rings.